The van der Waals surface area contributed by atoms with Gasteiger partial charge >= 0.3 is 0 Å². The van der Waals surface area contributed by atoms with Crippen molar-refractivity contribution in [3.63, 3.8) is 0 Å². The first-order valence-corrected chi connectivity index (χ1v) is 6.53. The van der Waals surface area contributed by atoms with Gasteiger partial charge in [-0.1, -0.05) is 28.9 Å². The molecule has 0 aliphatic carbocycles. The molecule has 16 heavy (non-hydrogen) atoms. The van der Waals surface area contributed by atoms with Crippen LogP contribution in [0, 0.1) is 5.92 Å². The number of nitrogens with zero attached hydrogens (tertiary/aromatic N) is 1. The highest BCUT2D eigenvalue weighted by molar-refractivity contribution is 9.09. The van der Waals surface area contributed by atoms with Gasteiger partial charge in [-0.2, -0.15) is 0 Å². The smallest absolute Gasteiger partial charge is 0.230 e. The van der Waals surface area contributed by atoms with Crippen molar-refractivity contribution >= 4 is 28.1 Å². The molecule has 0 fully saturated rings. The maximum atomic E-state index is 11.7. The molecule has 0 saturated carbocycles. The number of alkyl halides is 1. The molecule has 3 nitrogen and oxygen atoms in total. The highest BCUT2D eigenvalue weighted by Crippen LogP contribution is 2.18. The Balaban J connectivity index is 2.54. The second kappa shape index (κ2) is 6.63. The minimum atomic E-state index is 0.0449. The van der Waals surface area contributed by atoms with Gasteiger partial charge in [0.15, 0.2) is 0 Å². The van der Waals surface area contributed by atoms with Crippen molar-refractivity contribution in [2.45, 2.75) is 26.2 Å². The van der Waals surface area contributed by atoms with Crippen LogP contribution in [0.15, 0.2) is 24.0 Å². The fourth-order valence-electron chi connectivity index (χ4n) is 1.45. The minimum absolute atomic E-state index is 0.0449. The second-order valence-corrected chi connectivity index (χ2v) is 4.62. The van der Waals surface area contributed by atoms with E-state index in [1.165, 1.54) is 4.90 Å². The zero-order valence-corrected chi connectivity index (χ0v) is 10.9. The number of aldehydes is 1. The highest BCUT2D eigenvalue weighted by Gasteiger charge is 2.16. The van der Waals surface area contributed by atoms with Crippen LogP contribution < -0.4 is 0 Å². The van der Waals surface area contributed by atoms with Gasteiger partial charge in [0.25, 0.3) is 0 Å². The lowest BCUT2D eigenvalue weighted by Crippen LogP contribution is -2.24. The number of amides is 1. The number of allylic oxidation sites excluding steroid dienone is 2. The predicted octanol–water partition coefficient (Wildman–Crippen LogP) is 2.63. The number of carbonyl (C=O) groups is 2. The van der Waals surface area contributed by atoms with E-state index in [-0.39, 0.29) is 11.8 Å². The Morgan fingerprint density at radius 2 is 2.31 bits per heavy atom. The molecule has 1 aliphatic rings. The molecule has 0 radical (unpaired) electrons. The molecule has 1 atom stereocenters. The lowest BCUT2D eigenvalue weighted by Gasteiger charge is -2.21. The van der Waals surface area contributed by atoms with Gasteiger partial charge in [0, 0.05) is 35.6 Å². The van der Waals surface area contributed by atoms with Gasteiger partial charge in [0.1, 0.15) is 6.29 Å². The molecular formula is C12H16BrNO2. The number of rotatable bonds is 5. The topological polar surface area (TPSA) is 37.4 Å². The Labute approximate surface area is 104 Å². The van der Waals surface area contributed by atoms with Crippen LogP contribution in [0.3, 0.4) is 0 Å². The van der Waals surface area contributed by atoms with Crippen LogP contribution in [0.1, 0.15) is 26.2 Å². The normalized spacial score (nSPS) is 19.5. The third-order valence-corrected chi connectivity index (χ3v) is 3.11. The maximum Gasteiger partial charge on any atom is 0.230 e. The van der Waals surface area contributed by atoms with Crippen LogP contribution >= 0.6 is 15.9 Å². The Morgan fingerprint density at radius 3 is 2.94 bits per heavy atom. The second-order valence-electron chi connectivity index (χ2n) is 3.82. The SMILES string of the molecule is CC1C=CN(C(=O)CCCCBr)C=C1C=O. The summed E-state index contributed by atoms with van der Waals surface area (Å²) < 4.78 is 0. The Hall–Kier alpha value is -0.900. The predicted molar refractivity (Wildman–Crippen MR) is 66.9 cm³/mol. The summed E-state index contributed by atoms with van der Waals surface area (Å²) in [4.78, 5) is 24.0. The number of halogens is 1. The molecule has 88 valence electrons. The molecule has 1 heterocycles. The summed E-state index contributed by atoms with van der Waals surface area (Å²) in [6, 6.07) is 0. The lowest BCUT2D eigenvalue weighted by molar-refractivity contribution is -0.126. The van der Waals surface area contributed by atoms with E-state index < -0.39 is 0 Å². The zero-order chi connectivity index (χ0) is 12.0. The molecule has 4 heteroatoms. The fourth-order valence-corrected chi connectivity index (χ4v) is 1.84. The monoisotopic (exact) mass is 285 g/mol. The third-order valence-electron chi connectivity index (χ3n) is 2.55. The number of carbonyl (C=O) groups excluding carboxylic acids is 2. The van der Waals surface area contributed by atoms with E-state index in [0.29, 0.717) is 12.0 Å². The molecule has 1 aliphatic heterocycles. The van der Waals surface area contributed by atoms with Gasteiger partial charge in [-0.05, 0) is 12.8 Å². The van der Waals surface area contributed by atoms with Gasteiger partial charge < -0.3 is 0 Å². The first kappa shape index (κ1) is 13.2. The van der Waals surface area contributed by atoms with E-state index in [9.17, 15) is 9.59 Å². The summed E-state index contributed by atoms with van der Waals surface area (Å²) in [5.41, 5.74) is 0.649. The Bertz CT molecular complexity index is 323. The molecule has 1 rings (SSSR count). The molecule has 0 aromatic heterocycles. The van der Waals surface area contributed by atoms with Crippen LogP contribution in [-0.2, 0) is 9.59 Å². The van der Waals surface area contributed by atoms with Crippen molar-refractivity contribution in [2.24, 2.45) is 5.92 Å². The summed E-state index contributed by atoms with van der Waals surface area (Å²) in [7, 11) is 0. The van der Waals surface area contributed by atoms with Crippen LogP contribution in [0.2, 0.25) is 0 Å². The first-order chi connectivity index (χ1) is 7.69. The molecule has 0 aromatic carbocycles. The molecule has 0 saturated heterocycles. The minimum Gasteiger partial charge on any atom is -0.298 e. The molecule has 0 spiro atoms. The average molecular weight is 286 g/mol. The van der Waals surface area contributed by atoms with E-state index >= 15 is 0 Å². The standard InChI is InChI=1S/C12H16BrNO2/c1-10-5-7-14(8-11(10)9-15)12(16)4-2-3-6-13/h5,7-10H,2-4,6H2,1H3. The average Bonchev–Trinajstić information content (AvgIpc) is 2.30. The number of hydrogen-bond acceptors (Lipinski definition) is 2. The Morgan fingerprint density at radius 1 is 1.56 bits per heavy atom. The van der Waals surface area contributed by atoms with Crippen LogP contribution in [0.25, 0.3) is 0 Å². The van der Waals surface area contributed by atoms with Crippen LogP contribution in [0.5, 0.6) is 0 Å². The van der Waals surface area contributed by atoms with Crippen LogP contribution in [-0.4, -0.2) is 22.4 Å². The van der Waals surface area contributed by atoms with Gasteiger partial charge in [0.2, 0.25) is 5.91 Å². The summed E-state index contributed by atoms with van der Waals surface area (Å²) in [5, 5.41) is 0.919. The summed E-state index contributed by atoms with van der Waals surface area (Å²) in [6.45, 7) is 1.93. The largest absolute Gasteiger partial charge is 0.298 e. The maximum absolute atomic E-state index is 11.7. The van der Waals surface area contributed by atoms with E-state index in [1.807, 2.05) is 13.0 Å². The van der Waals surface area contributed by atoms with Gasteiger partial charge in [0.05, 0.1) is 0 Å². The highest BCUT2D eigenvalue weighted by atomic mass is 79.9. The van der Waals surface area contributed by atoms with Crippen molar-refractivity contribution in [3.8, 4) is 0 Å². The summed E-state index contributed by atoms with van der Waals surface area (Å²) in [6.07, 6.45) is 8.44. The first-order valence-electron chi connectivity index (χ1n) is 5.41. The third kappa shape index (κ3) is 3.59. The Kier molecular flexibility index (Phi) is 5.46. The van der Waals surface area contributed by atoms with Crippen molar-refractivity contribution in [1.29, 1.82) is 0 Å². The molecule has 0 N–H and O–H groups in total. The molecule has 1 amide bonds. The van der Waals surface area contributed by atoms with Crippen molar-refractivity contribution in [1.82, 2.24) is 4.90 Å². The van der Waals surface area contributed by atoms with Crippen LogP contribution in [0.4, 0.5) is 0 Å². The van der Waals surface area contributed by atoms with E-state index in [0.717, 1.165) is 24.5 Å². The van der Waals surface area contributed by atoms with E-state index in [2.05, 4.69) is 15.9 Å². The quantitative estimate of drug-likeness (QED) is 0.442. The molecule has 0 bridgehead atoms. The van der Waals surface area contributed by atoms with Crippen molar-refractivity contribution in [3.05, 3.63) is 24.0 Å². The zero-order valence-electron chi connectivity index (χ0n) is 9.36. The van der Waals surface area contributed by atoms with E-state index in [4.69, 9.17) is 0 Å². The van der Waals surface area contributed by atoms with E-state index in [1.54, 1.807) is 12.4 Å². The van der Waals surface area contributed by atoms with Gasteiger partial charge in [-0.3, -0.25) is 14.5 Å². The van der Waals surface area contributed by atoms with Gasteiger partial charge in [-0.25, -0.2) is 0 Å². The molecular weight excluding hydrogens is 270 g/mol. The van der Waals surface area contributed by atoms with Crippen molar-refractivity contribution in [2.75, 3.05) is 5.33 Å². The fraction of sp³-hybridized carbons (Fsp3) is 0.500. The van der Waals surface area contributed by atoms with Gasteiger partial charge in [-0.15, -0.1) is 0 Å². The molecule has 0 aromatic rings. The lowest BCUT2D eigenvalue weighted by atomic mass is 10.0. The molecule has 1 unspecified atom stereocenters. The number of hydrogen-bond donors (Lipinski definition) is 0. The summed E-state index contributed by atoms with van der Waals surface area (Å²) >= 11 is 3.33. The summed E-state index contributed by atoms with van der Waals surface area (Å²) in [5.74, 6) is 0.146. The van der Waals surface area contributed by atoms with Crippen molar-refractivity contribution < 1.29 is 9.59 Å². The number of unbranched alkanes of at least 4 members (excludes halogenated alkanes) is 1.